The molecule has 0 unspecified atom stereocenters. The van der Waals surface area contributed by atoms with Crippen LogP contribution >= 0.6 is 0 Å². The molecule has 3 rings (SSSR count). The average molecular weight is 418 g/mol. The Balaban J connectivity index is 1.71. The molecular formula is C18H12O2Se2. The molecule has 2 aromatic carbocycles. The fourth-order valence-electron chi connectivity index (χ4n) is 1.96. The number of carbonyl (C=O) groups excluding carboxylic acids is 2. The Morgan fingerprint density at radius 1 is 0.818 bits per heavy atom. The summed E-state index contributed by atoms with van der Waals surface area (Å²) in [4.78, 5) is 26.6. The van der Waals surface area contributed by atoms with Crippen molar-refractivity contribution >= 4 is 41.5 Å². The van der Waals surface area contributed by atoms with Crippen LogP contribution in [0.4, 0.5) is 0 Å². The SMILES string of the molecule is O=C(/C=C1/[Se]C=C(C(=O)c2ccccc2)[Se]1)c1ccccc1. The molecule has 0 amide bonds. The summed E-state index contributed by atoms with van der Waals surface area (Å²) < 4.78 is 1.99. The summed E-state index contributed by atoms with van der Waals surface area (Å²) >= 11 is 0.0849. The molecule has 1 aliphatic heterocycles. The maximum absolute atomic E-state index is 12.4. The number of hydrogen-bond donors (Lipinski definition) is 0. The molecule has 0 fully saturated rings. The zero-order valence-electron chi connectivity index (χ0n) is 11.6. The molecule has 0 aliphatic carbocycles. The van der Waals surface area contributed by atoms with Crippen molar-refractivity contribution in [3.63, 3.8) is 0 Å². The summed E-state index contributed by atoms with van der Waals surface area (Å²) in [5.41, 5.74) is 1.42. The first-order chi connectivity index (χ1) is 10.7. The summed E-state index contributed by atoms with van der Waals surface area (Å²) in [7, 11) is 0. The van der Waals surface area contributed by atoms with Gasteiger partial charge in [-0.1, -0.05) is 0 Å². The van der Waals surface area contributed by atoms with E-state index in [2.05, 4.69) is 0 Å². The van der Waals surface area contributed by atoms with Gasteiger partial charge in [0.15, 0.2) is 0 Å². The molecule has 0 atom stereocenters. The molecule has 1 aliphatic rings. The van der Waals surface area contributed by atoms with Crippen LogP contribution in [0.1, 0.15) is 20.7 Å². The van der Waals surface area contributed by atoms with Crippen molar-refractivity contribution in [2.45, 2.75) is 0 Å². The van der Waals surface area contributed by atoms with Gasteiger partial charge in [0, 0.05) is 0 Å². The van der Waals surface area contributed by atoms with E-state index in [4.69, 9.17) is 0 Å². The molecule has 0 spiro atoms. The summed E-state index contributed by atoms with van der Waals surface area (Å²) in [5, 5.41) is 0. The molecule has 0 saturated heterocycles. The summed E-state index contributed by atoms with van der Waals surface area (Å²) in [6.45, 7) is 0. The molecule has 2 aromatic rings. The molecule has 108 valence electrons. The van der Waals surface area contributed by atoms with Crippen LogP contribution in [0.3, 0.4) is 0 Å². The van der Waals surface area contributed by atoms with E-state index in [1.54, 1.807) is 6.08 Å². The van der Waals surface area contributed by atoms with Gasteiger partial charge in [0.2, 0.25) is 0 Å². The van der Waals surface area contributed by atoms with Gasteiger partial charge in [-0.2, -0.15) is 0 Å². The first-order valence-corrected chi connectivity index (χ1v) is 10.3. The van der Waals surface area contributed by atoms with Crippen LogP contribution in [-0.4, -0.2) is 41.5 Å². The minimum absolute atomic E-state index is 0.0289. The molecule has 0 saturated carbocycles. The molecule has 0 N–H and O–H groups in total. The van der Waals surface area contributed by atoms with Crippen LogP contribution in [0.15, 0.2) is 79.6 Å². The van der Waals surface area contributed by atoms with Crippen molar-refractivity contribution in [2.24, 2.45) is 0 Å². The predicted molar refractivity (Wildman–Crippen MR) is 89.2 cm³/mol. The average Bonchev–Trinajstić information content (AvgIpc) is 3.04. The number of hydrogen-bond acceptors (Lipinski definition) is 2. The van der Waals surface area contributed by atoms with Crippen molar-refractivity contribution in [3.05, 3.63) is 90.7 Å². The third kappa shape index (κ3) is 3.55. The van der Waals surface area contributed by atoms with E-state index in [-0.39, 0.29) is 41.5 Å². The molecule has 22 heavy (non-hydrogen) atoms. The Hall–Kier alpha value is -1.70. The number of Topliss-reactive ketones (excluding diaryl/α,β-unsaturated/α-hetero) is 1. The predicted octanol–water partition coefficient (Wildman–Crippen LogP) is 2.86. The number of allylic oxidation sites excluding steroid dienone is 2. The second kappa shape index (κ2) is 7.04. The van der Waals surface area contributed by atoms with Crippen LogP contribution in [0.5, 0.6) is 0 Å². The van der Waals surface area contributed by atoms with Crippen LogP contribution in [0.2, 0.25) is 0 Å². The summed E-state index contributed by atoms with van der Waals surface area (Å²) in [5.74, 6) is 0.124. The third-order valence-electron chi connectivity index (χ3n) is 3.06. The monoisotopic (exact) mass is 420 g/mol. The Kier molecular flexibility index (Phi) is 4.86. The van der Waals surface area contributed by atoms with Gasteiger partial charge in [-0.3, -0.25) is 0 Å². The van der Waals surface area contributed by atoms with Gasteiger partial charge in [0.05, 0.1) is 0 Å². The topological polar surface area (TPSA) is 34.1 Å². The Morgan fingerprint density at radius 2 is 1.41 bits per heavy atom. The molecule has 1 heterocycles. The van der Waals surface area contributed by atoms with E-state index in [1.807, 2.05) is 65.6 Å². The van der Waals surface area contributed by atoms with Crippen LogP contribution in [0.25, 0.3) is 0 Å². The first-order valence-electron chi connectivity index (χ1n) is 6.69. The molecular weight excluding hydrogens is 406 g/mol. The molecule has 0 radical (unpaired) electrons. The second-order valence-electron chi connectivity index (χ2n) is 4.59. The van der Waals surface area contributed by atoms with E-state index in [0.717, 1.165) is 13.4 Å². The van der Waals surface area contributed by atoms with E-state index in [1.165, 1.54) is 0 Å². The van der Waals surface area contributed by atoms with Gasteiger partial charge in [0.1, 0.15) is 0 Å². The zero-order valence-corrected chi connectivity index (χ0v) is 15.0. The second-order valence-corrected chi connectivity index (χ2v) is 10.1. The quantitative estimate of drug-likeness (QED) is 0.435. The Labute approximate surface area is 141 Å². The molecule has 2 nitrogen and oxygen atoms in total. The van der Waals surface area contributed by atoms with Crippen molar-refractivity contribution in [1.82, 2.24) is 0 Å². The van der Waals surface area contributed by atoms with Crippen molar-refractivity contribution in [1.29, 1.82) is 0 Å². The van der Waals surface area contributed by atoms with Gasteiger partial charge >= 0.3 is 142 Å². The Bertz CT molecular complexity index is 762. The van der Waals surface area contributed by atoms with Crippen LogP contribution in [0, 0.1) is 0 Å². The minimum atomic E-state index is -0.0304. The molecule has 0 aromatic heterocycles. The summed E-state index contributed by atoms with van der Waals surface area (Å²) in [6.07, 6.45) is 1.72. The third-order valence-corrected chi connectivity index (χ3v) is 9.02. The van der Waals surface area contributed by atoms with Crippen molar-refractivity contribution in [3.8, 4) is 0 Å². The molecule has 0 bridgehead atoms. The van der Waals surface area contributed by atoms with Gasteiger partial charge < -0.3 is 0 Å². The summed E-state index contributed by atoms with van der Waals surface area (Å²) in [6, 6.07) is 18.6. The van der Waals surface area contributed by atoms with E-state index >= 15 is 0 Å². The van der Waals surface area contributed by atoms with E-state index in [0.29, 0.717) is 5.56 Å². The normalized spacial score (nSPS) is 15.6. The fraction of sp³-hybridized carbons (Fsp3) is 0. The Morgan fingerprint density at radius 3 is 2.05 bits per heavy atom. The number of carbonyl (C=O) groups is 2. The standard InChI is InChI=1S/C18H12O2Se2/c19-15(13-7-3-1-4-8-13)11-17-21-12-16(22-17)18(20)14-9-5-2-6-10-14/h1-12H/b17-11-. The van der Waals surface area contributed by atoms with Gasteiger partial charge in [-0.15, -0.1) is 0 Å². The van der Waals surface area contributed by atoms with E-state index in [9.17, 15) is 9.59 Å². The fourth-order valence-corrected chi connectivity index (χ4v) is 7.54. The van der Waals surface area contributed by atoms with E-state index < -0.39 is 0 Å². The number of benzene rings is 2. The number of rotatable bonds is 4. The van der Waals surface area contributed by atoms with Crippen molar-refractivity contribution in [2.75, 3.05) is 0 Å². The maximum atomic E-state index is 12.4. The van der Waals surface area contributed by atoms with Gasteiger partial charge in [0.25, 0.3) is 0 Å². The first kappa shape index (κ1) is 15.2. The van der Waals surface area contributed by atoms with Gasteiger partial charge in [-0.25, -0.2) is 0 Å². The number of ketones is 2. The molecule has 4 heteroatoms. The van der Waals surface area contributed by atoms with Crippen LogP contribution in [-0.2, 0) is 0 Å². The van der Waals surface area contributed by atoms with Crippen molar-refractivity contribution < 1.29 is 9.59 Å². The zero-order chi connectivity index (χ0) is 15.4. The van der Waals surface area contributed by atoms with Crippen LogP contribution < -0.4 is 0 Å². The van der Waals surface area contributed by atoms with Gasteiger partial charge in [-0.05, 0) is 0 Å².